The monoisotopic (exact) mass is 295 g/mol. The molecule has 0 rings (SSSR count). The molecule has 0 spiro atoms. The van der Waals surface area contributed by atoms with Crippen molar-refractivity contribution in [1.29, 1.82) is 0 Å². The van der Waals surface area contributed by atoms with Gasteiger partial charge in [0.1, 0.15) is 0 Å². The van der Waals surface area contributed by atoms with Gasteiger partial charge in [0.2, 0.25) is 10.0 Å². The molecule has 0 amide bonds. The molecule has 0 heterocycles. The Kier molecular flexibility index (Phi) is 8.00. The van der Waals surface area contributed by atoms with Crippen LogP contribution in [0.4, 0.5) is 0 Å². The Morgan fingerprint density at radius 3 is 2.53 bits per heavy atom. The van der Waals surface area contributed by atoms with Gasteiger partial charge >= 0.3 is 0 Å². The van der Waals surface area contributed by atoms with Crippen LogP contribution in [0.1, 0.15) is 20.3 Å². The van der Waals surface area contributed by atoms with Gasteiger partial charge in [-0.15, -0.1) is 0 Å². The van der Waals surface area contributed by atoms with E-state index in [0.717, 1.165) is 17.3 Å². The zero-order chi connectivity index (χ0) is 11.7. The number of hydrogen-bond donors (Lipinski definition) is 1. The molecule has 0 fully saturated rings. The minimum absolute atomic E-state index is 0.0517. The fourth-order valence-corrected chi connectivity index (χ4v) is 2.55. The number of alkyl halides is 1. The van der Waals surface area contributed by atoms with Gasteiger partial charge in [0.25, 0.3) is 0 Å². The van der Waals surface area contributed by atoms with Crippen molar-refractivity contribution >= 4 is 26.0 Å². The first-order chi connectivity index (χ1) is 7.05. The van der Waals surface area contributed by atoms with Crippen molar-refractivity contribution in [1.82, 2.24) is 4.72 Å². The Bertz CT molecular complexity index is 320. The van der Waals surface area contributed by atoms with Crippen LogP contribution in [0.15, 0.2) is 23.8 Å². The van der Waals surface area contributed by atoms with Gasteiger partial charge in [0.15, 0.2) is 0 Å². The summed E-state index contributed by atoms with van der Waals surface area (Å²) in [6.45, 7) is 4.19. The van der Waals surface area contributed by atoms with E-state index >= 15 is 0 Å². The lowest BCUT2D eigenvalue weighted by atomic mass is 10.3. The molecule has 1 N–H and O–H groups in total. The van der Waals surface area contributed by atoms with Crippen LogP contribution < -0.4 is 4.72 Å². The van der Waals surface area contributed by atoms with Gasteiger partial charge in [-0.2, -0.15) is 0 Å². The number of rotatable bonds is 7. The summed E-state index contributed by atoms with van der Waals surface area (Å²) in [7, 11) is -3.18. The molecule has 3 nitrogen and oxygen atoms in total. The zero-order valence-electron chi connectivity index (χ0n) is 9.16. The van der Waals surface area contributed by atoms with Crippen molar-refractivity contribution < 1.29 is 8.42 Å². The minimum Gasteiger partial charge on any atom is -0.215 e. The highest BCUT2D eigenvalue weighted by Gasteiger charge is 2.10. The van der Waals surface area contributed by atoms with Crippen molar-refractivity contribution in [3.05, 3.63) is 23.8 Å². The van der Waals surface area contributed by atoms with Gasteiger partial charge in [0, 0.05) is 11.9 Å². The van der Waals surface area contributed by atoms with Gasteiger partial charge in [-0.1, -0.05) is 34.2 Å². The van der Waals surface area contributed by atoms with Gasteiger partial charge in [-0.05, 0) is 25.8 Å². The van der Waals surface area contributed by atoms with E-state index in [1.165, 1.54) is 0 Å². The average molecular weight is 296 g/mol. The third-order valence-corrected chi connectivity index (χ3v) is 3.66. The van der Waals surface area contributed by atoms with Gasteiger partial charge in [0.05, 0.1) is 5.75 Å². The van der Waals surface area contributed by atoms with Gasteiger partial charge in [-0.25, -0.2) is 13.1 Å². The molecule has 88 valence electrons. The third kappa shape index (κ3) is 7.76. The standard InChI is InChI=1S/C10H18BrNO2S/c1-3-6-10(4-2)9-15(13,14)12-8-5-7-11/h3-4,6,12H,5,7-9H2,1-2H3/b6-3-,10-4+. The molecular weight excluding hydrogens is 278 g/mol. The number of halogens is 1. The van der Waals surface area contributed by atoms with Crippen LogP contribution in [-0.2, 0) is 10.0 Å². The Labute approximate surface area is 101 Å². The molecule has 0 saturated heterocycles. The first kappa shape index (κ1) is 14.9. The largest absolute Gasteiger partial charge is 0.215 e. The van der Waals surface area contributed by atoms with E-state index in [9.17, 15) is 8.42 Å². The maximum atomic E-state index is 11.5. The number of nitrogens with one attached hydrogen (secondary N) is 1. The van der Waals surface area contributed by atoms with Crippen molar-refractivity contribution in [2.45, 2.75) is 20.3 Å². The van der Waals surface area contributed by atoms with Crippen molar-refractivity contribution in [3.8, 4) is 0 Å². The molecule has 0 atom stereocenters. The van der Waals surface area contributed by atoms with E-state index in [-0.39, 0.29) is 5.75 Å². The Hall–Kier alpha value is -0.130. The summed E-state index contributed by atoms with van der Waals surface area (Å²) < 4.78 is 25.6. The lowest BCUT2D eigenvalue weighted by molar-refractivity contribution is 0.583. The second-order valence-electron chi connectivity index (χ2n) is 3.06. The summed E-state index contributed by atoms with van der Waals surface area (Å²) in [6, 6.07) is 0. The molecule has 0 saturated carbocycles. The van der Waals surface area contributed by atoms with Crippen molar-refractivity contribution in [2.24, 2.45) is 0 Å². The topological polar surface area (TPSA) is 46.2 Å². The Morgan fingerprint density at radius 2 is 2.07 bits per heavy atom. The molecule has 0 aliphatic rings. The molecule has 5 heteroatoms. The van der Waals surface area contributed by atoms with E-state index in [0.29, 0.717) is 6.54 Å². The molecule has 0 aromatic heterocycles. The van der Waals surface area contributed by atoms with E-state index in [1.54, 1.807) is 0 Å². The van der Waals surface area contributed by atoms with E-state index in [2.05, 4.69) is 20.7 Å². The molecule has 0 aliphatic carbocycles. The summed E-state index contributed by atoms with van der Waals surface area (Å²) in [4.78, 5) is 0. The highest BCUT2D eigenvalue weighted by atomic mass is 79.9. The summed E-state index contributed by atoms with van der Waals surface area (Å²) in [5, 5.41) is 0.806. The first-order valence-electron chi connectivity index (χ1n) is 4.87. The predicted octanol–water partition coefficient (Wildman–Crippen LogP) is 2.21. The van der Waals surface area contributed by atoms with Crippen LogP contribution in [0.5, 0.6) is 0 Å². The average Bonchev–Trinajstić information content (AvgIpc) is 2.17. The Balaban J connectivity index is 4.24. The molecule has 0 aromatic rings. The minimum atomic E-state index is -3.18. The highest BCUT2D eigenvalue weighted by Crippen LogP contribution is 2.01. The van der Waals surface area contributed by atoms with Gasteiger partial charge in [-0.3, -0.25) is 0 Å². The van der Waals surface area contributed by atoms with Crippen LogP contribution >= 0.6 is 15.9 Å². The lowest BCUT2D eigenvalue weighted by Crippen LogP contribution is -2.28. The van der Waals surface area contributed by atoms with Crippen LogP contribution in [0, 0.1) is 0 Å². The van der Waals surface area contributed by atoms with Crippen LogP contribution in [-0.4, -0.2) is 26.0 Å². The summed E-state index contributed by atoms with van der Waals surface area (Å²) >= 11 is 3.25. The maximum absolute atomic E-state index is 11.5. The molecule has 0 radical (unpaired) electrons. The lowest BCUT2D eigenvalue weighted by Gasteiger charge is -2.06. The maximum Gasteiger partial charge on any atom is 0.215 e. The summed E-state index contributed by atoms with van der Waals surface area (Å²) in [5.74, 6) is 0.0517. The third-order valence-electron chi connectivity index (χ3n) is 1.74. The van der Waals surface area contributed by atoms with Crippen LogP contribution in [0.3, 0.4) is 0 Å². The summed E-state index contributed by atoms with van der Waals surface area (Å²) in [5.41, 5.74) is 0.809. The fraction of sp³-hybridized carbons (Fsp3) is 0.600. The van der Waals surface area contributed by atoms with E-state index < -0.39 is 10.0 Å². The van der Waals surface area contributed by atoms with Crippen molar-refractivity contribution in [2.75, 3.05) is 17.6 Å². The second kappa shape index (κ2) is 8.07. The second-order valence-corrected chi connectivity index (χ2v) is 5.66. The molecule has 0 aromatic carbocycles. The smallest absolute Gasteiger partial charge is 0.215 e. The highest BCUT2D eigenvalue weighted by molar-refractivity contribution is 9.09. The molecule has 15 heavy (non-hydrogen) atoms. The molecule has 0 unspecified atom stereocenters. The quantitative estimate of drug-likeness (QED) is 0.445. The predicted molar refractivity (Wildman–Crippen MR) is 68.8 cm³/mol. The normalized spacial score (nSPS) is 13.7. The zero-order valence-corrected chi connectivity index (χ0v) is 11.6. The van der Waals surface area contributed by atoms with E-state index in [1.807, 2.05) is 32.1 Å². The molecule has 0 bridgehead atoms. The van der Waals surface area contributed by atoms with Crippen molar-refractivity contribution in [3.63, 3.8) is 0 Å². The Morgan fingerprint density at radius 1 is 1.40 bits per heavy atom. The molecular formula is C10H18BrNO2S. The SMILES string of the molecule is C/C=C\C(=C/C)CS(=O)(=O)NCCCBr. The van der Waals surface area contributed by atoms with Gasteiger partial charge < -0.3 is 0 Å². The number of sulfonamides is 1. The first-order valence-corrected chi connectivity index (χ1v) is 7.64. The number of hydrogen-bond acceptors (Lipinski definition) is 2. The van der Waals surface area contributed by atoms with E-state index in [4.69, 9.17) is 0 Å². The van der Waals surface area contributed by atoms with Crippen LogP contribution in [0.25, 0.3) is 0 Å². The summed E-state index contributed by atoms with van der Waals surface area (Å²) in [6.07, 6.45) is 6.25. The number of allylic oxidation sites excluding steroid dienone is 3. The molecule has 0 aliphatic heterocycles. The van der Waals surface area contributed by atoms with Crippen LogP contribution in [0.2, 0.25) is 0 Å². The fourth-order valence-electron chi connectivity index (χ4n) is 1.01.